The number of hydrogen-bond donors (Lipinski definition) is 3. The molecular weight excluding hydrogens is 384 g/mol. The number of anilines is 3. The van der Waals surface area contributed by atoms with Gasteiger partial charge < -0.3 is 16.0 Å². The largest absolute Gasteiger partial charge is 0.332 e. The molecule has 0 bridgehead atoms. The van der Waals surface area contributed by atoms with Crippen molar-refractivity contribution in [1.82, 2.24) is 4.98 Å². The fourth-order valence-electron chi connectivity index (χ4n) is 2.07. The van der Waals surface area contributed by atoms with Gasteiger partial charge in [0.2, 0.25) is 5.91 Å². The number of nitrogens with one attached hydrogen (secondary N) is 3. The van der Waals surface area contributed by atoms with Gasteiger partial charge in [-0.3, -0.25) is 4.79 Å². The van der Waals surface area contributed by atoms with E-state index in [1.807, 2.05) is 60.0 Å². The van der Waals surface area contributed by atoms with Crippen molar-refractivity contribution < 1.29 is 4.79 Å². The molecule has 132 valence electrons. The van der Waals surface area contributed by atoms with Gasteiger partial charge in [-0.2, -0.15) is 0 Å². The first-order chi connectivity index (χ1) is 12.7. The molecule has 5 nitrogen and oxygen atoms in total. The van der Waals surface area contributed by atoms with Crippen molar-refractivity contribution in [3.8, 4) is 0 Å². The lowest BCUT2D eigenvalue weighted by Gasteiger charge is -2.11. The highest BCUT2D eigenvalue weighted by Crippen LogP contribution is 2.22. The summed E-state index contributed by atoms with van der Waals surface area (Å²) >= 11 is 8.19. The molecule has 0 aliphatic carbocycles. The van der Waals surface area contributed by atoms with Gasteiger partial charge in [-0.15, -0.1) is 23.1 Å². The molecule has 0 radical (unpaired) electrons. The van der Waals surface area contributed by atoms with Gasteiger partial charge in [-0.1, -0.05) is 24.3 Å². The predicted octanol–water partition coefficient (Wildman–Crippen LogP) is 4.68. The summed E-state index contributed by atoms with van der Waals surface area (Å²) in [6, 6.07) is 17.5. The quantitative estimate of drug-likeness (QED) is 0.412. The minimum absolute atomic E-state index is 0.0791. The number of para-hydroxylation sites is 1. The van der Waals surface area contributed by atoms with Crippen molar-refractivity contribution in [1.29, 1.82) is 0 Å². The summed E-state index contributed by atoms with van der Waals surface area (Å²) in [6.07, 6.45) is 1.66. The number of thiazole rings is 1. The van der Waals surface area contributed by atoms with Crippen molar-refractivity contribution >= 4 is 62.8 Å². The molecule has 3 aromatic rings. The van der Waals surface area contributed by atoms with Crippen LogP contribution in [-0.2, 0) is 4.79 Å². The third-order valence-electron chi connectivity index (χ3n) is 3.17. The van der Waals surface area contributed by atoms with Crippen LogP contribution in [-0.4, -0.2) is 21.8 Å². The molecule has 1 heterocycles. The minimum Gasteiger partial charge on any atom is -0.332 e. The Hall–Kier alpha value is -2.42. The summed E-state index contributed by atoms with van der Waals surface area (Å²) in [7, 11) is 0. The molecule has 3 N–H and O–H groups in total. The van der Waals surface area contributed by atoms with Crippen LogP contribution in [0.5, 0.6) is 0 Å². The number of amides is 1. The van der Waals surface area contributed by atoms with Crippen molar-refractivity contribution in [2.75, 3.05) is 21.7 Å². The molecule has 0 saturated carbocycles. The Morgan fingerprint density at radius 3 is 2.58 bits per heavy atom. The summed E-state index contributed by atoms with van der Waals surface area (Å²) in [6.45, 7) is 0. The van der Waals surface area contributed by atoms with Crippen LogP contribution in [0.2, 0.25) is 0 Å². The van der Waals surface area contributed by atoms with Crippen molar-refractivity contribution in [2.24, 2.45) is 0 Å². The summed E-state index contributed by atoms with van der Waals surface area (Å²) in [5, 5.41) is 12.0. The first kappa shape index (κ1) is 18.4. The number of benzene rings is 2. The number of carbonyl (C=O) groups is 1. The summed E-state index contributed by atoms with van der Waals surface area (Å²) in [5.74, 6) is 0.236. The average molecular weight is 401 g/mol. The Bertz CT molecular complexity index is 869. The Labute approximate surface area is 165 Å². The lowest BCUT2D eigenvalue weighted by molar-refractivity contribution is -0.113. The van der Waals surface area contributed by atoms with E-state index in [2.05, 4.69) is 20.9 Å². The van der Waals surface area contributed by atoms with Gasteiger partial charge in [-0.05, 0) is 42.5 Å². The van der Waals surface area contributed by atoms with Crippen LogP contribution in [0.25, 0.3) is 0 Å². The second-order valence-electron chi connectivity index (χ2n) is 5.15. The van der Waals surface area contributed by atoms with Gasteiger partial charge in [0, 0.05) is 27.8 Å². The first-order valence-electron chi connectivity index (χ1n) is 7.74. The number of rotatable bonds is 6. The molecular formula is C18H16N4OS3. The molecule has 0 aliphatic rings. The van der Waals surface area contributed by atoms with E-state index in [1.165, 1.54) is 23.1 Å². The lowest BCUT2D eigenvalue weighted by atomic mass is 10.3. The Morgan fingerprint density at radius 2 is 1.81 bits per heavy atom. The van der Waals surface area contributed by atoms with Gasteiger partial charge in [0.1, 0.15) is 0 Å². The van der Waals surface area contributed by atoms with Crippen LogP contribution in [0.4, 0.5) is 16.5 Å². The molecule has 26 heavy (non-hydrogen) atoms. The van der Waals surface area contributed by atoms with Gasteiger partial charge in [0.25, 0.3) is 0 Å². The minimum atomic E-state index is -0.0791. The Morgan fingerprint density at radius 1 is 1.04 bits per heavy atom. The van der Waals surface area contributed by atoms with Gasteiger partial charge in [-0.25, -0.2) is 4.98 Å². The van der Waals surface area contributed by atoms with E-state index in [4.69, 9.17) is 12.2 Å². The van der Waals surface area contributed by atoms with Crippen LogP contribution in [0.1, 0.15) is 0 Å². The third-order valence-corrected chi connectivity index (χ3v) is 5.06. The molecule has 3 rings (SSSR count). The van der Waals surface area contributed by atoms with E-state index in [0.717, 1.165) is 16.3 Å². The lowest BCUT2D eigenvalue weighted by Crippen LogP contribution is -2.19. The highest BCUT2D eigenvalue weighted by molar-refractivity contribution is 8.00. The zero-order chi connectivity index (χ0) is 18.2. The zero-order valence-corrected chi connectivity index (χ0v) is 16.1. The normalized spacial score (nSPS) is 10.2. The number of thioether (sulfide) groups is 1. The van der Waals surface area contributed by atoms with E-state index >= 15 is 0 Å². The van der Waals surface area contributed by atoms with Crippen molar-refractivity contribution in [3.63, 3.8) is 0 Å². The summed E-state index contributed by atoms with van der Waals surface area (Å²) in [5.41, 5.74) is 1.79. The predicted molar refractivity (Wildman–Crippen MR) is 114 cm³/mol. The molecule has 0 unspecified atom stereocenters. The van der Waals surface area contributed by atoms with Crippen LogP contribution in [0.15, 0.2) is 71.1 Å². The summed E-state index contributed by atoms with van der Waals surface area (Å²) < 4.78 is 0. The molecule has 0 saturated heterocycles. The van der Waals surface area contributed by atoms with E-state index < -0.39 is 0 Å². The van der Waals surface area contributed by atoms with Gasteiger partial charge in [0.15, 0.2) is 10.2 Å². The molecule has 1 aromatic heterocycles. The number of thiocarbonyl (C=S) groups is 1. The third kappa shape index (κ3) is 5.83. The number of nitrogens with zero attached hydrogens (tertiary/aromatic N) is 1. The average Bonchev–Trinajstić information content (AvgIpc) is 3.14. The second kappa shape index (κ2) is 9.33. The SMILES string of the molecule is O=C(CSc1cccc(NC(=S)Nc2ccccc2)c1)Nc1nccs1. The van der Waals surface area contributed by atoms with Crippen LogP contribution >= 0.6 is 35.3 Å². The second-order valence-corrected chi connectivity index (χ2v) is 7.50. The molecule has 2 aromatic carbocycles. The highest BCUT2D eigenvalue weighted by Gasteiger charge is 2.06. The zero-order valence-electron chi connectivity index (χ0n) is 13.6. The maximum Gasteiger partial charge on any atom is 0.236 e. The maximum atomic E-state index is 11.9. The molecule has 1 amide bonds. The smallest absolute Gasteiger partial charge is 0.236 e. The highest BCUT2D eigenvalue weighted by atomic mass is 32.2. The van der Waals surface area contributed by atoms with Crippen molar-refractivity contribution in [2.45, 2.75) is 4.90 Å². The fraction of sp³-hybridized carbons (Fsp3) is 0.0556. The molecule has 8 heteroatoms. The maximum absolute atomic E-state index is 11.9. The Balaban J connectivity index is 1.51. The standard InChI is InChI=1S/C18H16N4OS3/c23-16(22-18-19-9-10-25-18)12-26-15-8-4-7-14(11-15)21-17(24)20-13-5-2-1-3-6-13/h1-11H,12H2,(H,19,22,23)(H2,20,21,24). The van der Waals surface area contributed by atoms with Crippen molar-refractivity contribution in [3.05, 3.63) is 66.2 Å². The Kier molecular flexibility index (Phi) is 6.59. The van der Waals surface area contributed by atoms with E-state index in [0.29, 0.717) is 16.0 Å². The van der Waals surface area contributed by atoms with Gasteiger partial charge >= 0.3 is 0 Å². The summed E-state index contributed by atoms with van der Waals surface area (Å²) in [4.78, 5) is 17.0. The number of carbonyl (C=O) groups excluding carboxylic acids is 1. The first-order valence-corrected chi connectivity index (χ1v) is 10.0. The monoisotopic (exact) mass is 400 g/mol. The topological polar surface area (TPSA) is 66.1 Å². The molecule has 0 atom stereocenters. The number of aromatic nitrogens is 1. The molecule has 0 aliphatic heterocycles. The van der Waals surface area contributed by atoms with Crippen LogP contribution < -0.4 is 16.0 Å². The van der Waals surface area contributed by atoms with Crippen LogP contribution in [0, 0.1) is 0 Å². The van der Waals surface area contributed by atoms with Crippen LogP contribution in [0.3, 0.4) is 0 Å². The molecule has 0 spiro atoms. The van der Waals surface area contributed by atoms with Gasteiger partial charge in [0.05, 0.1) is 5.75 Å². The fourth-order valence-corrected chi connectivity index (χ4v) is 3.60. The number of hydrogen-bond acceptors (Lipinski definition) is 5. The van der Waals surface area contributed by atoms with E-state index in [1.54, 1.807) is 6.20 Å². The van der Waals surface area contributed by atoms with E-state index in [-0.39, 0.29) is 5.91 Å². The van der Waals surface area contributed by atoms with E-state index in [9.17, 15) is 4.79 Å². The molecule has 0 fully saturated rings.